The molecule has 0 bridgehead atoms. The normalized spacial score (nSPS) is 11.7. The second-order valence-electron chi connectivity index (χ2n) is 7.15. The van der Waals surface area contributed by atoms with Gasteiger partial charge in [-0.15, -0.1) is 10.2 Å². The Balaban J connectivity index is 1.63. The number of thioether (sulfide) groups is 1. The van der Waals surface area contributed by atoms with Crippen LogP contribution in [0.3, 0.4) is 0 Å². The summed E-state index contributed by atoms with van der Waals surface area (Å²) in [5.74, 6) is 1.04. The Kier molecular flexibility index (Phi) is 7.41. The molecule has 1 aromatic carbocycles. The number of aryl methyl sites for hydroxylation is 2. The highest BCUT2D eigenvalue weighted by molar-refractivity contribution is 7.99. The monoisotopic (exact) mass is 438 g/mol. The number of nitrogens with one attached hydrogen (secondary N) is 2. The molecule has 0 aliphatic heterocycles. The SMILES string of the molecule is CCn1c(SCC(=O)Nc2ncccc2C)nnc1[C@H](C)NC(=O)c1ccc(C)cc1. The Morgan fingerprint density at radius 2 is 1.87 bits per heavy atom. The molecule has 2 aromatic heterocycles. The molecule has 2 N–H and O–H groups in total. The lowest BCUT2D eigenvalue weighted by atomic mass is 10.1. The lowest BCUT2D eigenvalue weighted by molar-refractivity contribution is -0.113. The Morgan fingerprint density at radius 3 is 2.55 bits per heavy atom. The predicted octanol–water partition coefficient (Wildman–Crippen LogP) is 3.53. The van der Waals surface area contributed by atoms with Crippen molar-refractivity contribution in [3.05, 3.63) is 65.1 Å². The van der Waals surface area contributed by atoms with E-state index in [1.165, 1.54) is 11.8 Å². The summed E-state index contributed by atoms with van der Waals surface area (Å²) in [6.07, 6.45) is 1.64. The molecular formula is C22H26N6O2S. The van der Waals surface area contributed by atoms with Crippen LogP contribution < -0.4 is 10.6 Å². The van der Waals surface area contributed by atoms with Gasteiger partial charge in [0.25, 0.3) is 5.91 Å². The second kappa shape index (κ2) is 10.2. The first kappa shape index (κ1) is 22.5. The average Bonchev–Trinajstić information content (AvgIpc) is 3.17. The van der Waals surface area contributed by atoms with E-state index in [-0.39, 0.29) is 23.6 Å². The summed E-state index contributed by atoms with van der Waals surface area (Å²) in [6, 6.07) is 10.8. The zero-order valence-electron chi connectivity index (χ0n) is 18.0. The van der Waals surface area contributed by atoms with Gasteiger partial charge in [-0.3, -0.25) is 9.59 Å². The standard InChI is InChI=1S/C22H26N6O2S/c1-5-28-20(16(4)24-21(30)17-10-8-14(2)9-11-17)26-27-22(28)31-13-18(29)25-19-15(3)7-6-12-23-19/h6-12,16H,5,13H2,1-4H3,(H,24,30)(H,23,25,29)/t16-/m0/s1. The van der Waals surface area contributed by atoms with Gasteiger partial charge >= 0.3 is 0 Å². The minimum absolute atomic E-state index is 0.167. The molecule has 8 nitrogen and oxygen atoms in total. The first-order valence-corrected chi connectivity index (χ1v) is 11.0. The van der Waals surface area contributed by atoms with Gasteiger partial charge in [-0.05, 0) is 51.5 Å². The molecule has 0 aliphatic carbocycles. The van der Waals surface area contributed by atoms with Crippen LogP contribution in [0.2, 0.25) is 0 Å². The van der Waals surface area contributed by atoms with Crippen LogP contribution in [0.15, 0.2) is 47.8 Å². The molecule has 9 heteroatoms. The summed E-state index contributed by atoms with van der Waals surface area (Å²) in [6.45, 7) is 8.33. The molecule has 0 saturated heterocycles. The number of rotatable bonds is 8. The number of carbonyl (C=O) groups is 2. The maximum Gasteiger partial charge on any atom is 0.251 e. The van der Waals surface area contributed by atoms with Crippen molar-refractivity contribution in [1.29, 1.82) is 0 Å². The fraction of sp³-hybridized carbons (Fsp3) is 0.318. The van der Waals surface area contributed by atoms with E-state index in [1.54, 1.807) is 18.3 Å². The maximum absolute atomic E-state index is 12.5. The fourth-order valence-corrected chi connectivity index (χ4v) is 3.80. The topological polar surface area (TPSA) is 102 Å². The van der Waals surface area contributed by atoms with Crippen LogP contribution >= 0.6 is 11.8 Å². The number of nitrogens with zero attached hydrogens (tertiary/aromatic N) is 4. The highest BCUT2D eigenvalue weighted by Gasteiger charge is 2.20. The summed E-state index contributed by atoms with van der Waals surface area (Å²) in [5.41, 5.74) is 2.59. The summed E-state index contributed by atoms with van der Waals surface area (Å²) >= 11 is 1.30. The number of aromatic nitrogens is 4. The van der Waals surface area contributed by atoms with Crippen molar-refractivity contribution in [1.82, 2.24) is 25.1 Å². The van der Waals surface area contributed by atoms with Crippen molar-refractivity contribution in [2.45, 2.75) is 45.4 Å². The third-order valence-electron chi connectivity index (χ3n) is 4.71. The molecule has 3 rings (SSSR count). The number of amides is 2. The summed E-state index contributed by atoms with van der Waals surface area (Å²) in [4.78, 5) is 29.0. The Morgan fingerprint density at radius 1 is 1.13 bits per heavy atom. The Bertz CT molecular complexity index is 1060. The van der Waals surface area contributed by atoms with E-state index in [0.29, 0.717) is 28.9 Å². The van der Waals surface area contributed by atoms with Crippen molar-refractivity contribution >= 4 is 29.4 Å². The number of hydrogen-bond acceptors (Lipinski definition) is 6. The number of pyridine rings is 1. The van der Waals surface area contributed by atoms with Gasteiger partial charge in [-0.1, -0.05) is 35.5 Å². The van der Waals surface area contributed by atoms with Gasteiger partial charge in [0.15, 0.2) is 11.0 Å². The number of hydrogen-bond donors (Lipinski definition) is 2. The van der Waals surface area contributed by atoms with Crippen LogP contribution in [0.1, 0.15) is 47.2 Å². The van der Waals surface area contributed by atoms with E-state index in [0.717, 1.165) is 11.1 Å². The highest BCUT2D eigenvalue weighted by atomic mass is 32.2. The van der Waals surface area contributed by atoms with Gasteiger partial charge in [0, 0.05) is 18.3 Å². The molecule has 0 spiro atoms. The molecule has 0 aliphatic rings. The fourth-order valence-electron chi connectivity index (χ4n) is 2.99. The van der Waals surface area contributed by atoms with Crippen LogP contribution in [0.4, 0.5) is 5.82 Å². The third kappa shape index (κ3) is 5.69. The molecule has 0 saturated carbocycles. The minimum atomic E-state index is -0.333. The zero-order chi connectivity index (χ0) is 22.4. The smallest absolute Gasteiger partial charge is 0.251 e. The maximum atomic E-state index is 12.5. The van der Waals surface area contributed by atoms with E-state index < -0.39 is 0 Å². The molecule has 0 fully saturated rings. The Hall–Kier alpha value is -3.20. The van der Waals surface area contributed by atoms with E-state index >= 15 is 0 Å². The minimum Gasteiger partial charge on any atom is -0.342 e. The third-order valence-corrected chi connectivity index (χ3v) is 5.68. The van der Waals surface area contributed by atoms with E-state index in [1.807, 2.05) is 56.5 Å². The van der Waals surface area contributed by atoms with Crippen molar-refractivity contribution < 1.29 is 9.59 Å². The number of benzene rings is 1. The van der Waals surface area contributed by atoms with Crippen molar-refractivity contribution in [2.24, 2.45) is 0 Å². The van der Waals surface area contributed by atoms with E-state index in [9.17, 15) is 9.59 Å². The average molecular weight is 439 g/mol. The highest BCUT2D eigenvalue weighted by Crippen LogP contribution is 2.21. The molecule has 0 radical (unpaired) electrons. The molecule has 2 amide bonds. The van der Waals surface area contributed by atoms with Crippen molar-refractivity contribution in [2.75, 3.05) is 11.1 Å². The lowest BCUT2D eigenvalue weighted by Crippen LogP contribution is -2.28. The first-order valence-electron chi connectivity index (χ1n) is 10.0. The zero-order valence-corrected chi connectivity index (χ0v) is 18.9. The van der Waals surface area contributed by atoms with Crippen LogP contribution in [0.5, 0.6) is 0 Å². The first-order chi connectivity index (χ1) is 14.9. The predicted molar refractivity (Wildman–Crippen MR) is 121 cm³/mol. The Labute approximate surface area is 185 Å². The number of anilines is 1. The van der Waals surface area contributed by atoms with Gasteiger partial charge in [0.1, 0.15) is 5.82 Å². The molecule has 31 heavy (non-hydrogen) atoms. The van der Waals surface area contributed by atoms with Gasteiger partial charge < -0.3 is 15.2 Å². The molecule has 0 unspecified atom stereocenters. The summed E-state index contributed by atoms with van der Waals surface area (Å²) in [7, 11) is 0. The molecule has 1 atom stereocenters. The quantitative estimate of drug-likeness (QED) is 0.522. The van der Waals surface area contributed by atoms with Crippen molar-refractivity contribution in [3.63, 3.8) is 0 Å². The molecule has 2 heterocycles. The van der Waals surface area contributed by atoms with Crippen LogP contribution in [0, 0.1) is 13.8 Å². The van der Waals surface area contributed by atoms with Gasteiger partial charge in [-0.25, -0.2) is 4.98 Å². The van der Waals surface area contributed by atoms with Gasteiger partial charge in [-0.2, -0.15) is 0 Å². The summed E-state index contributed by atoms with van der Waals surface area (Å²) < 4.78 is 1.91. The van der Waals surface area contributed by atoms with Crippen LogP contribution in [-0.2, 0) is 11.3 Å². The van der Waals surface area contributed by atoms with E-state index in [4.69, 9.17) is 0 Å². The van der Waals surface area contributed by atoms with Crippen LogP contribution in [-0.4, -0.2) is 37.3 Å². The lowest BCUT2D eigenvalue weighted by Gasteiger charge is -2.15. The number of carbonyl (C=O) groups excluding carboxylic acids is 2. The molecule has 162 valence electrons. The van der Waals surface area contributed by atoms with Gasteiger partial charge in [0.2, 0.25) is 5.91 Å². The van der Waals surface area contributed by atoms with Gasteiger partial charge in [0.05, 0.1) is 11.8 Å². The van der Waals surface area contributed by atoms with E-state index in [2.05, 4.69) is 25.8 Å². The molecular weight excluding hydrogens is 412 g/mol. The van der Waals surface area contributed by atoms with Crippen molar-refractivity contribution in [3.8, 4) is 0 Å². The molecule has 3 aromatic rings. The van der Waals surface area contributed by atoms with Crippen LogP contribution in [0.25, 0.3) is 0 Å². The summed E-state index contributed by atoms with van der Waals surface area (Å²) in [5, 5.41) is 14.9. The largest absolute Gasteiger partial charge is 0.342 e. The second-order valence-corrected chi connectivity index (χ2v) is 8.09.